The van der Waals surface area contributed by atoms with Crippen LogP contribution in [0, 0.1) is 5.82 Å². The maximum atomic E-state index is 13.6. The van der Waals surface area contributed by atoms with E-state index in [4.69, 9.17) is 0 Å². The summed E-state index contributed by atoms with van der Waals surface area (Å²) in [6, 6.07) is 10.5. The van der Waals surface area contributed by atoms with Crippen LogP contribution in [0.2, 0.25) is 0 Å². The predicted octanol–water partition coefficient (Wildman–Crippen LogP) is 3.64. The summed E-state index contributed by atoms with van der Waals surface area (Å²) in [6.45, 7) is 0.584. The van der Waals surface area contributed by atoms with Gasteiger partial charge in [0.2, 0.25) is 0 Å². The SMILES string of the molecule is O=C(NCc1ncccc1F)c1csc(CCN(CCCc2nc3ccccc3[nH]2)C(=O)O)n1. The third-order valence-corrected chi connectivity index (χ3v) is 6.09. The summed E-state index contributed by atoms with van der Waals surface area (Å²) in [5.74, 6) is -0.1000. The molecular formula is C23H23FN6O3S. The van der Waals surface area contributed by atoms with Gasteiger partial charge in [-0.05, 0) is 30.7 Å². The first-order valence-corrected chi connectivity index (χ1v) is 11.6. The molecule has 3 N–H and O–H groups in total. The molecule has 0 unspecified atom stereocenters. The first kappa shape index (κ1) is 23.3. The molecule has 0 fully saturated rings. The summed E-state index contributed by atoms with van der Waals surface area (Å²) in [4.78, 5) is 41.2. The number of benzene rings is 1. The predicted molar refractivity (Wildman–Crippen MR) is 125 cm³/mol. The van der Waals surface area contributed by atoms with Gasteiger partial charge in [-0.15, -0.1) is 11.3 Å². The Bertz CT molecular complexity index is 1260. The van der Waals surface area contributed by atoms with Crippen LogP contribution in [-0.2, 0) is 19.4 Å². The standard InChI is InChI=1S/C23H23FN6O3S/c24-15-5-3-10-25-18(15)13-26-22(31)19-14-34-21(29-19)9-12-30(23(32)33)11-4-8-20-27-16-6-1-2-7-17(16)28-20/h1-3,5-7,10,14H,4,8-9,11-13H2,(H,26,31)(H,27,28)(H,32,33). The van der Waals surface area contributed by atoms with Crippen molar-refractivity contribution in [2.24, 2.45) is 0 Å². The molecule has 0 bridgehead atoms. The zero-order valence-electron chi connectivity index (χ0n) is 18.2. The summed E-state index contributed by atoms with van der Waals surface area (Å²) in [5.41, 5.74) is 2.21. The van der Waals surface area contributed by atoms with Crippen molar-refractivity contribution in [3.63, 3.8) is 0 Å². The third-order valence-electron chi connectivity index (χ3n) is 5.18. The fraction of sp³-hybridized carbons (Fsp3) is 0.261. The summed E-state index contributed by atoms with van der Waals surface area (Å²) in [6.07, 6.45) is 2.11. The summed E-state index contributed by atoms with van der Waals surface area (Å²) in [7, 11) is 0. The largest absolute Gasteiger partial charge is 0.465 e. The molecule has 11 heteroatoms. The molecule has 0 aliphatic carbocycles. The Hall–Kier alpha value is -3.86. The van der Waals surface area contributed by atoms with Crippen LogP contribution in [0.5, 0.6) is 0 Å². The van der Waals surface area contributed by atoms with E-state index < -0.39 is 17.8 Å². The van der Waals surface area contributed by atoms with Crippen molar-refractivity contribution < 1.29 is 19.1 Å². The van der Waals surface area contributed by atoms with Crippen molar-refractivity contribution in [1.82, 2.24) is 30.2 Å². The van der Waals surface area contributed by atoms with Crippen molar-refractivity contribution in [3.05, 3.63) is 76.0 Å². The van der Waals surface area contributed by atoms with E-state index in [0.717, 1.165) is 16.9 Å². The molecule has 4 aromatic rings. The van der Waals surface area contributed by atoms with Crippen molar-refractivity contribution in [1.29, 1.82) is 0 Å². The number of halogens is 1. The molecule has 1 aromatic carbocycles. The Morgan fingerprint density at radius 1 is 1.12 bits per heavy atom. The average molecular weight is 483 g/mol. The summed E-state index contributed by atoms with van der Waals surface area (Å²) >= 11 is 1.28. The van der Waals surface area contributed by atoms with Crippen LogP contribution in [-0.4, -0.2) is 55.0 Å². The summed E-state index contributed by atoms with van der Waals surface area (Å²) < 4.78 is 13.6. The van der Waals surface area contributed by atoms with Gasteiger partial charge in [-0.2, -0.15) is 0 Å². The number of hydrogen-bond donors (Lipinski definition) is 3. The van der Waals surface area contributed by atoms with Gasteiger partial charge in [-0.1, -0.05) is 12.1 Å². The van der Waals surface area contributed by atoms with E-state index in [9.17, 15) is 19.1 Å². The van der Waals surface area contributed by atoms with Gasteiger partial charge in [0, 0.05) is 37.5 Å². The lowest BCUT2D eigenvalue weighted by atomic mass is 10.2. The number of fused-ring (bicyclic) bond motifs is 1. The number of aromatic amines is 1. The number of imidazole rings is 1. The van der Waals surface area contributed by atoms with E-state index in [2.05, 4.69) is 25.3 Å². The molecule has 34 heavy (non-hydrogen) atoms. The zero-order chi connectivity index (χ0) is 23.9. The third kappa shape index (κ3) is 5.93. The van der Waals surface area contributed by atoms with Gasteiger partial charge in [0.25, 0.3) is 5.91 Å². The molecular weight excluding hydrogens is 459 g/mol. The van der Waals surface area contributed by atoms with E-state index in [1.54, 1.807) is 5.38 Å². The lowest BCUT2D eigenvalue weighted by molar-refractivity contribution is 0.0945. The topological polar surface area (TPSA) is 124 Å². The van der Waals surface area contributed by atoms with Crippen molar-refractivity contribution in [2.75, 3.05) is 13.1 Å². The smallest absolute Gasteiger partial charge is 0.407 e. The number of para-hydroxylation sites is 2. The molecule has 0 spiro atoms. The highest BCUT2D eigenvalue weighted by Gasteiger charge is 2.15. The highest BCUT2D eigenvalue weighted by atomic mass is 32.1. The van der Waals surface area contributed by atoms with Crippen LogP contribution in [0.4, 0.5) is 9.18 Å². The number of aryl methyl sites for hydroxylation is 1. The van der Waals surface area contributed by atoms with E-state index in [0.29, 0.717) is 30.8 Å². The normalized spacial score (nSPS) is 11.0. The molecule has 3 aromatic heterocycles. The Morgan fingerprint density at radius 2 is 1.97 bits per heavy atom. The first-order chi connectivity index (χ1) is 16.5. The van der Waals surface area contributed by atoms with Gasteiger partial charge in [-0.3, -0.25) is 9.78 Å². The minimum atomic E-state index is -1.00. The van der Waals surface area contributed by atoms with Crippen LogP contribution in [0.3, 0.4) is 0 Å². The monoisotopic (exact) mass is 482 g/mol. The van der Waals surface area contributed by atoms with E-state index in [1.165, 1.54) is 34.6 Å². The van der Waals surface area contributed by atoms with Gasteiger partial charge in [0.05, 0.1) is 28.3 Å². The van der Waals surface area contributed by atoms with E-state index >= 15 is 0 Å². The number of amides is 2. The maximum absolute atomic E-state index is 13.6. The van der Waals surface area contributed by atoms with Gasteiger partial charge in [-0.25, -0.2) is 19.2 Å². The average Bonchev–Trinajstić information content (AvgIpc) is 3.47. The Morgan fingerprint density at radius 3 is 2.76 bits per heavy atom. The minimum Gasteiger partial charge on any atom is -0.465 e. The number of nitrogens with zero attached hydrogens (tertiary/aromatic N) is 4. The zero-order valence-corrected chi connectivity index (χ0v) is 19.0. The molecule has 0 saturated heterocycles. The number of nitrogens with one attached hydrogen (secondary N) is 2. The van der Waals surface area contributed by atoms with Crippen LogP contribution in [0.1, 0.15) is 33.4 Å². The number of thiazole rings is 1. The van der Waals surface area contributed by atoms with E-state index in [-0.39, 0.29) is 24.5 Å². The van der Waals surface area contributed by atoms with Crippen LogP contribution in [0.15, 0.2) is 48.0 Å². The van der Waals surface area contributed by atoms with Gasteiger partial charge in [0.15, 0.2) is 0 Å². The highest BCUT2D eigenvalue weighted by Crippen LogP contribution is 2.14. The van der Waals surface area contributed by atoms with Crippen LogP contribution in [0.25, 0.3) is 11.0 Å². The Labute approximate surface area is 198 Å². The fourth-order valence-corrected chi connectivity index (χ4v) is 4.20. The molecule has 9 nitrogen and oxygen atoms in total. The maximum Gasteiger partial charge on any atom is 0.407 e. The van der Waals surface area contributed by atoms with Gasteiger partial charge in [0.1, 0.15) is 17.3 Å². The van der Waals surface area contributed by atoms with Crippen molar-refractivity contribution >= 4 is 34.4 Å². The Kier molecular flexibility index (Phi) is 7.43. The molecule has 176 valence electrons. The van der Waals surface area contributed by atoms with Gasteiger partial charge >= 0.3 is 6.09 Å². The lowest BCUT2D eigenvalue weighted by Crippen LogP contribution is -2.32. The molecule has 3 heterocycles. The van der Waals surface area contributed by atoms with Crippen LogP contribution < -0.4 is 5.32 Å². The molecule has 4 rings (SSSR count). The molecule has 0 atom stereocenters. The number of aromatic nitrogens is 4. The molecule has 2 amide bonds. The number of hydrogen-bond acceptors (Lipinski definition) is 6. The minimum absolute atomic E-state index is 0.0452. The van der Waals surface area contributed by atoms with Gasteiger partial charge < -0.3 is 20.3 Å². The quantitative estimate of drug-likeness (QED) is 0.317. The second kappa shape index (κ2) is 10.8. The fourth-order valence-electron chi connectivity index (χ4n) is 3.43. The second-order valence-corrected chi connectivity index (χ2v) is 8.51. The number of carbonyl (C=O) groups is 2. The number of pyridine rings is 1. The van der Waals surface area contributed by atoms with Crippen molar-refractivity contribution in [3.8, 4) is 0 Å². The number of carbonyl (C=O) groups excluding carboxylic acids is 1. The molecule has 0 aliphatic rings. The lowest BCUT2D eigenvalue weighted by Gasteiger charge is -2.18. The Balaban J connectivity index is 1.25. The number of rotatable bonds is 10. The molecule has 0 aliphatic heterocycles. The molecule has 0 radical (unpaired) electrons. The number of H-pyrrole nitrogens is 1. The highest BCUT2D eigenvalue weighted by molar-refractivity contribution is 7.09. The van der Waals surface area contributed by atoms with Crippen molar-refractivity contribution in [2.45, 2.75) is 25.8 Å². The number of carboxylic acid groups (broad SMARTS) is 1. The van der Waals surface area contributed by atoms with Crippen LogP contribution >= 0.6 is 11.3 Å². The molecule has 0 saturated carbocycles. The first-order valence-electron chi connectivity index (χ1n) is 10.7. The second-order valence-electron chi connectivity index (χ2n) is 7.56. The van der Waals surface area contributed by atoms with E-state index in [1.807, 2.05) is 24.3 Å². The summed E-state index contributed by atoms with van der Waals surface area (Å²) in [5, 5.41) is 14.4.